The van der Waals surface area contributed by atoms with Gasteiger partial charge in [0.05, 0.1) is 16.7 Å². The Bertz CT molecular complexity index is 4250. The molecular weight excluding hydrogens is 797 g/mol. The van der Waals surface area contributed by atoms with Crippen molar-refractivity contribution in [2.24, 2.45) is 0 Å². The van der Waals surface area contributed by atoms with E-state index in [1.54, 1.807) is 0 Å². The molecule has 0 N–H and O–H groups in total. The molecule has 0 radical (unpaired) electrons. The zero-order valence-electron chi connectivity index (χ0n) is 34.7. The molecule has 0 bridgehead atoms. The molecule has 14 rings (SSSR count). The molecule has 6 nitrogen and oxygen atoms in total. The minimum Gasteiger partial charge on any atom is -0.456 e. The van der Waals surface area contributed by atoms with E-state index in [-0.39, 0.29) is 0 Å². The number of furan rings is 2. The van der Waals surface area contributed by atoms with E-state index in [0.717, 1.165) is 99.2 Å². The third kappa shape index (κ3) is 5.51. The molecule has 0 spiro atoms. The van der Waals surface area contributed by atoms with Gasteiger partial charge in [0.15, 0.2) is 17.5 Å². The van der Waals surface area contributed by atoms with Gasteiger partial charge in [-0.2, -0.15) is 0 Å². The Kier molecular flexibility index (Phi) is 7.59. The van der Waals surface area contributed by atoms with Crippen molar-refractivity contribution >= 4 is 87.2 Å². The summed E-state index contributed by atoms with van der Waals surface area (Å²) in [4.78, 5) is 15.7. The molecule has 0 amide bonds. The second-order valence-corrected chi connectivity index (χ2v) is 16.7. The lowest BCUT2D eigenvalue weighted by atomic mass is 9.91. The van der Waals surface area contributed by atoms with Crippen molar-refractivity contribution in [3.05, 3.63) is 206 Å². The molecule has 65 heavy (non-hydrogen) atoms. The zero-order valence-corrected chi connectivity index (χ0v) is 34.7. The molecule has 14 aromatic rings. The first-order chi connectivity index (χ1) is 32.2. The SMILES string of the molecule is c1ccc(-c2nc(-c3ccc(-n4c5ccccc5c5cc6ccccc6cc54)c(-c4c5ccccc5cc5oc6ccccc6c45)c3)nc(-c3ccc4c(c3)oc3ccccc34)n2)cc1. The monoisotopic (exact) mass is 830 g/mol. The van der Waals surface area contributed by atoms with E-state index in [1.807, 2.05) is 60.7 Å². The van der Waals surface area contributed by atoms with Gasteiger partial charge < -0.3 is 13.4 Å². The van der Waals surface area contributed by atoms with E-state index >= 15 is 0 Å². The molecule has 302 valence electrons. The average molecular weight is 831 g/mol. The van der Waals surface area contributed by atoms with Crippen LogP contribution in [0.1, 0.15) is 0 Å². The van der Waals surface area contributed by atoms with Gasteiger partial charge in [0.25, 0.3) is 0 Å². The van der Waals surface area contributed by atoms with Crippen LogP contribution in [-0.4, -0.2) is 19.5 Å². The number of hydrogen-bond acceptors (Lipinski definition) is 5. The van der Waals surface area contributed by atoms with E-state index in [4.69, 9.17) is 23.8 Å². The molecule has 0 aliphatic heterocycles. The fourth-order valence-corrected chi connectivity index (χ4v) is 10.0. The van der Waals surface area contributed by atoms with Crippen molar-refractivity contribution in [3.63, 3.8) is 0 Å². The van der Waals surface area contributed by atoms with Crippen LogP contribution in [0.2, 0.25) is 0 Å². The topological polar surface area (TPSA) is 69.9 Å². The Morgan fingerprint density at radius 2 is 0.892 bits per heavy atom. The second-order valence-electron chi connectivity index (χ2n) is 16.7. The van der Waals surface area contributed by atoms with E-state index in [2.05, 4.69) is 150 Å². The van der Waals surface area contributed by atoms with Gasteiger partial charge in [-0.25, -0.2) is 15.0 Å². The molecule has 0 atom stereocenters. The third-order valence-electron chi connectivity index (χ3n) is 13.0. The highest BCUT2D eigenvalue weighted by molar-refractivity contribution is 6.22. The minimum absolute atomic E-state index is 0.560. The smallest absolute Gasteiger partial charge is 0.164 e. The Morgan fingerprint density at radius 3 is 1.69 bits per heavy atom. The number of para-hydroxylation sites is 3. The van der Waals surface area contributed by atoms with Crippen LogP contribution in [0.4, 0.5) is 0 Å². The molecule has 4 heterocycles. The van der Waals surface area contributed by atoms with Crippen LogP contribution >= 0.6 is 0 Å². The third-order valence-corrected chi connectivity index (χ3v) is 13.0. The van der Waals surface area contributed by atoms with Crippen LogP contribution in [0.5, 0.6) is 0 Å². The number of hydrogen-bond donors (Lipinski definition) is 0. The van der Waals surface area contributed by atoms with Crippen LogP contribution < -0.4 is 0 Å². The maximum absolute atomic E-state index is 6.69. The average Bonchev–Trinajstić information content (AvgIpc) is 4.03. The lowest BCUT2D eigenvalue weighted by molar-refractivity contribution is 0.669. The van der Waals surface area contributed by atoms with Crippen molar-refractivity contribution in [3.8, 4) is 51.0 Å². The molecule has 0 saturated heterocycles. The Balaban J connectivity index is 1.09. The highest BCUT2D eigenvalue weighted by Gasteiger charge is 2.24. The van der Waals surface area contributed by atoms with Crippen LogP contribution in [0.25, 0.3) is 138 Å². The highest BCUT2D eigenvalue weighted by Crippen LogP contribution is 2.46. The first kappa shape index (κ1) is 35.7. The van der Waals surface area contributed by atoms with Crippen LogP contribution in [0.15, 0.2) is 215 Å². The van der Waals surface area contributed by atoms with Gasteiger partial charge in [-0.05, 0) is 88.3 Å². The van der Waals surface area contributed by atoms with Crippen LogP contribution in [0.3, 0.4) is 0 Å². The molecule has 10 aromatic carbocycles. The summed E-state index contributed by atoms with van der Waals surface area (Å²) in [7, 11) is 0. The van der Waals surface area contributed by atoms with E-state index in [0.29, 0.717) is 17.5 Å². The number of fused-ring (bicyclic) bond motifs is 11. The molecule has 6 heteroatoms. The van der Waals surface area contributed by atoms with Crippen LogP contribution in [-0.2, 0) is 0 Å². The molecule has 0 aliphatic rings. The lowest BCUT2D eigenvalue weighted by Gasteiger charge is -2.18. The molecule has 4 aromatic heterocycles. The fraction of sp³-hybridized carbons (Fsp3) is 0. The predicted octanol–water partition coefficient (Wildman–Crippen LogP) is 15.7. The Hall–Kier alpha value is -8.87. The summed E-state index contributed by atoms with van der Waals surface area (Å²) in [6.07, 6.45) is 0. The van der Waals surface area contributed by atoms with E-state index < -0.39 is 0 Å². The van der Waals surface area contributed by atoms with Gasteiger partial charge in [-0.15, -0.1) is 0 Å². The standard InChI is InChI=1S/C59H34N4O2/c1-2-14-35(15-3-1)57-60-58(62-59(61-57)40-26-28-44-43-21-9-12-24-51(43)64-53(44)34-40)39-27-29-49(63-48-23-11-8-20-42(48)46-30-36-16-4-5-17-37(36)32-50(46)63)47(31-39)55-41-19-7-6-18-38(41)33-54-56(55)45-22-10-13-25-52(45)65-54/h1-34H. The normalized spacial score (nSPS) is 12.0. The fourth-order valence-electron chi connectivity index (χ4n) is 10.0. The number of nitrogens with zero attached hydrogens (tertiary/aromatic N) is 4. The van der Waals surface area contributed by atoms with Gasteiger partial charge in [-0.3, -0.25) is 0 Å². The number of benzene rings is 10. The van der Waals surface area contributed by atoms with E-state index in [1.165, 1.54) is 21.5 Å². The zero-order chi connectivity index (χ0) is 42.6. The Morgan fingerprint density at radius 1 is 0.323 bits per heavy atom. The summed E-state index contributed by atoms with van der Waals surface area (Å²) in [6, 6.07) is 72.3. The van der Waals surface area contributed by atoms with Crippen molar-refractivity contribution < 1.29 is 8.83 Å². The summed E-state index contributed by atoms with van der Waals surface area (Å²) in [5.74, 6) is 1.71. The van der Waals surface area contributed by atoms with Gasteiger partial charge in [0.1, 0.15) is 22.3 Å². The van der Waals surface area contributed by atoms with Gasteiger partial charge in [-0.1, -0.05) is 140 Å². The van der Waals surface area contributed by atoms with Crippen molar-refractivity contribution in [1.82, 2.24) is 19.5 Å². The molecular formula is C59H34N4O2. The maximum Gasteiger partial charge on any atom is 0.164 e. The molecule has 0 fully saturated rings. The van der Waals surface area contributed by atoms with Gasteiger partial charge >= 0.3 is 0 Å². The number of rotatable bonds is 5. The molecule has 0 aliphatic carbocycles. The van der Waals surface area contributed by atoms with Gasteiger partial charge in [0.2, 0.25) is 0 Å². The number of aromatic nitrogens is 4. The summed E-state index contributed by atoms with van der Waals surface area (Å²) >= 11 is 0. The van der Waals surface area contributed by atoms with Gasteiger partial charge in [0, 0.05) is 60.1 Å². The quantitative estimate of drug-likeness (QED) is 0.173. The largest absolute Gasteiger partial charge is 0.456 e. The molecule has 0 unspecified atom stereocenters. The summed E-state index contributed by atoms with van der Waals surface area (Å²) in [6.45, 7) is 0. The lowest BCUT2D eigenvalue weighted by Crippen LogP contribution is -2.02. The summed E-state index contributed by atoms with van der Waals surface area (Å²) in [5, 5.41) is 11.2. The van der Waals surface area contributed by atoms with Crippen molar-refractivity contribution in [1.29, 1.82) is 0 Å². The summed E-state index contributed by atoms with van der Waals surface area (Å²) in [5.41, 5.74) is 11.3. The Labute approximate surface area is 371 Å². The minimum atomic E-state index is 0.560. The van der Waals surface area contributed by atoms with Crippen molar-refractivity contribution in [2.45, 2.75) is 0 Å². The predicted molar refractivity (Wildman–Crippen MR) is 265 cm³/mol. The first-order valence-corrected chi connectivity index (χ1v) is 21.8. The van der Waals surface area contributed by atoms with Crippen LogP contribution in [0, 0.1) is 0 Å². The molecule has 0 saturated carbocycles. The van der Waals surface area contributed by atoms with E-state index in [9.17, 15) is 0 Å². The van der Waals surface area contributed by atoms with Crippen molar-refractivity contribution in [2.75, 3.05) is 0 Å². The highest BCUT2D eigenvalue weighted by atomic mass is 16.3. The first-order valence-electron chi connectivity index (χ1n) is 21.8. The maximum atomic E-state index is 6.69. The summed E-state index contributed by atoms with van der Waals surface area (Å²) < 4.78 is 15.5. The second kappa shape index (κ2) is 13.8.